The average Bonchev–Trinajstić information content (AvgIpc) is 3.33. The van der Waals surface area contributed by atoms with E-state index in [1.54, 1.807) is 12.1 Å². The minimum absolute atomic E-state index is 0.0260. The molecule has 0 radical (unpaired) electrons. The molecule has 2 fully saturated rings. The molecule has 32 heavy (non-hydrogen) atoms. The van der Waals surface area contributed by atoms with Crippen molar-refractivity contribution in [2.24, 2.45) is 0 Å². The molecule has 0 amide bonds. The first-order valence-corrected chi connectivity index (χ1v) is 10.5. The van der Waals surface area contributed by atoms with Crippen molar-refractivity contribution in [2.75, 3.05) is 25.6 Å². The van der Waals surface area contributed by atoms with Gasteiger partial charge in [-0.05, 0) is 28.1 Å². The Morgan fingerprint density at radius 1 is 1.06 bits per heavy atom. The molecule has 1 aromatic heterocycles. The maximum Gasteiger partial charge on any atom is 0.164 e. The lowest BCUT2D eigenvalue weighted by atomic mass is 10.1. The SMILES string of the molecule is COc1cc2c(Nc3c(F)cc(F)cc3Br)ncnc2cc1OC1CO[C@H]2C(F)CO[C@@H]12. The Labute approximate surface area is 189 Å². The summed E-state index contributed by atoms with van der Waals surface area (Å²) in [7, 11) is 1.47. The second-order valence-corrected chi connectivity index (χ2v) is 8.23. The quantitative estimate of drug-likeness (QED) is 0.547. The number of hydrogen-bond donors (Lipinski definition) is 1. The van der Waals surface area contributed by atoms with Crippen molar-refractivity contribution in [1.29, 1.82) is 0 Å². The van der Waals surface area contributed by atoms with E-state index in [1.807, 2.05) is 0 Å². The van der Waals surface area contributed by atoms with E-state index in [9.17, 15) is 13.2 Å². The van der Waals surface area contributed by atoms with Crippen molar-refractivity contribution in [3.05, 3.63) is 46.7 Å². The standard InChI is InChI=1S/C21H17BrF3N3O4/c1-29-15-4-10-14(5-16(15)32-17-7-31-19-13(25)6-30-20(17)19)26-8-27-21(10)28-18-11(22)2-9(23)3-12(18)24/h2-5,8,13,17,19-20H,6-7H2,1H3,(H,26,27,28)/t13?,17?,19-,20-/m0/s1. The van der Waals surface area contributed by atoms with Crippen LogP contribution in [0.1, 0.15) is 0 Å². The molecule has 3 heterocycles. The molecule has 2 saturated heterocycles. The highest BCUT2D eigenvalue weighted by Gasteiger charge is 2.49. The fourth-order valence-corrected chi connectivity index (χ4v) is 4.38. The molecule has 7 nitrogen and oxygen atoms in total. The van der Waals surface area contributed by atoms with E-state index < -0.39 is 36.1 Å². The Balaban J connectivity index is 1.48. The summed E-state index contributed by atoms with van der Waals surface area (Å²) >= 11 is 3.15. The zero-order chi connectivity index (χ0) is 22.4. The highest BCUT2D eigenvalue weighted by Crippen LogP contribution is 2.39. The average molecular weight is 512 g/mol. The molecule has 1 N–H and O–H groups in total. The van der Waals surface area contributed by atoms with Crippen LogP contribution in [0.15, 0.2) is 35.1 Å². The van der Waals surface area contributed by atoms with Gasteiger partial charge in [-0.3, -0.25) is 0 Å². The van der Waals surface area contributed by atoms with Gasteiger partial charge in [0.25, 0.3) is 0 Å². The van der Waals surface area contributed by atoms with Gasteiger partial charge in [0.05, 0.1) is 31.5 Å². The van der Waals surface area contributed by atoms with Crippen LogP contribution < -0.4 is 14.8 Å². The molecule has 2 unspecified atom stereocenters. The molecule has 2 aliphatic rings. The summed E-state index contributed by atoms with van der Waals surface area (Å²) in [6, 6.07) is 5.20. The first-order chi connectivity index (χ1) is 15.4. The van der Waals surface area contributed by atoms with Gasteiger partial charge in [0.15, 0.2) is 29.6 Å². The molecular formula is C21H17BrF3N3O4. The van der Waals surface area contributed by atoms with E-state index in [4.69, 9.17) is 18.9 Å². The van der Waals surface area contributed by atoms with Gasteiger partial charge < -0.3 is 24.3 Å². The van der Waals surface area contributed by atoms with E-state index in [-0.39, 0.29) is 29.2 Å². The third kappa shape index (κ3) is 3.74. The van der Waals surface area contributed by atoms with E-state index in [0.717, 1.165) is 12.1 Å². The highest BCUT2D eigenvalue weighted by molar-refractivity contribution is 9.10. The van der Waals surface area contributed by atoms with Crippen molar-refractivity contribution in [1.82, 2.24) is 9.97 Å². The Kier molecular flexibility index (Phi) is 5.56. The maximum atomic E-state index is 14.3. The van der Waals surface area contributed by atoms with Crippen molar-refractivity contribution < 1.29 is 32.1 Å². The second-order valence-electron chi connectivity index (χ2n) is 7.38. The number of fused-ring (bicyclic) bond motifs is 2. The molecular weight excluding hydrogens is 495 g/mol. The number of aromatic nitrogens is 2. The minimum atomic E-state index is -1.18. The van der Waals surface area contributed by atoms with Crippen LogP contribution in [-0.2, 0) is 9.47 Å². The number of nitrogens with zero attached hydrogens (tertiary/aromatic N) is 2. The minimum Gasteiger partial charge on any atom is -0.493 e. The second kappa shape index (κ2) is 8.38. The highest BCUT2D eigenvalue weighted by atomic mass is 79.9. The lowest BCUT2D eigenvalue weighted by Crippen LogP contribution is -2.33. The molecule has 2 aromatic carbocycles. The number of hydrogen-bond acceptors (Lipinski definition) is 7. The van der Waals surface area contributed by atoms with E-state index in [0.29, 0.717) is 22.4 Å². The monoisotopic (exact) mass is 511 g/mol. The molecule has 3 aromatic rings. The van der Waals surface area contributed by atoms with E-state index in [1.165, 1.54) is 13.4 Å². The van der Waals surface area contributed by atoms with Gasteiger partial charge in [-0.25, -0.2) is 23.1 Å². The Morgan fingerprint density at radius 2 is 1.88 bits per heavy atom. The van der Waals surface area contributed by atoms with Gasteiger partial charge in [-0.2, -0.15) is 0 Å². The Bertz CT molecular complexity index is 1160. The molecule has 0 bridgehead atoms. The van der Waals surface area contributed by atoms with Gasteiger partial charge in [0.2, 0.25) is 0 Å². The Morgan fingerprint density at radius 3 is 2.66 bits per heavy atom. The summed E-state index contributed by atoms with van der Waals surface area (Å²) in [6.45, 7) is 0.160. The van der Waals surface area contributed by atoms with Gasteiger partial charge in [-0.15, -0.1) is 0 Å². The molecule has 0 aliphatic carbocycles. The van der Waals surface area contributed by atoms with Gasteiger partial charge >= 0.3 is 0 Å². The maximum absolute atomic E-state index is 14.3. The molecule has 5 rings (SSSR count). The zero-order valence-electron chi connectivity index (χ0n) is 16.6. The number of alkyl halides is 1. The van der Waals surface area contributed by atoms with Gasteiger partial charge in [0.1, 0.15) is 30.2 Å². The summed E-state index contributed by atoms with van der Waals surface area (Å²) in [4.78, 5) is 8.44. The smallest absolute Gasteiger partial charge is 0.164 e. The normalized spacial score (nSPS) is 24.5. The number of halogens is 4. The van der Waals surface area contributed by atoms with Gasteiger partial charge in [-0.1, -0.05) is 0 Å². The summed E-state index contributed by atoms with van der Waals surface area (Å²) < 4.78 is 64.2. The number of ether oxygens (including phenoxy) is 4. The number of anilines is 2. The van der Waals surface area contributed by atoms with Crippen LogP contribution in [-0.4, -0.2) is 54.8 Å². The third-order valence-corrected chi connectivity index (χ3v) is 6.02. The number of nitrogens with one attached hydrogen (secondary N) is 1. The first kappa shape index (κ1) is 21.2. The molecule has 11 heteroatoms. The number of methoxy groups -OCH3 is 1. The molecule has 0 spiro atoms. The van der Waals surface area contributed by atoms with Crippen LogP contribution in [0.5, 0.6) is 11.5 Å². The van der Waals surface area contributed by atoms with E-state index >= 15 is 0 Å². The van der Waals surface area contributed by atoms with Crippen LogP contribution in [0, 0.1) is 11.6 Å². The summed E-state index contributed by atoms with van der Waals surface area (Å²) in [5.74, 6) is -0.464. The molecule has 0 saturated carbocycles. The predicted octanol–water partition coefficient (Wildman–Crippen LogP) is 4.31. The van der Waals surface area contributed by atoms with Crippen LogP contribution in [0.4, 0.5) is 24.7 Å². The summed E-state index contributed by atoms with van der Waals surface area (Å²) in [5.41, 5.74) is 0.516. The predicted molar refractivity (Wildman–Crippen MR) is 112 cm³/mol. The van der Waals surface area contributed by atoms with Crippen molar-refractivity contribution in [3.63, 3.8) is 0 Å². The Hall–Kier alpha value is -2.63. The third-order valence-electron chi connectivity index (χ3n) is 5.40. The molecule has 168 valence electrons. The van der Waals surface area contributed by atoms with Crippen molar-refractivity contribution in [2.45, 2.75) is 24.5 Å². The molecule has 2 aliphatic heterocycles. The van der Waals surface area contributed by atoms with Crippen LogP contribution in [0.3, 0.4) is 0 Å². The zero-order valence-corrected chi connectivity index (χ0v) is 18.2. The topological polar surface area (TPSA) is 74.7 Å². The summed E-state index contributed by atoms with van der Waals surface area (Å²) in [5, 5.41) is 3.39. The van der Waals surface area contributed by atoms with Crippen molar-refractivity contribution >= 4 is 38.3 Å². The number of rotatable bonds is 5. The van der Waals surface area contributed by atoms with Crippen molar-refractivity contribution in [3.8, 4) is 11.5 Å². The lowest BCUT2D eigenvalue weighted by Gasteiger charge is -2.20. The van der Waals surface area contributed by atoms with Gasteiger partial charge in [0, 0.05) is 22.0 Å². The lowest BCUT2D eigenvalue weighted by molar-refractivity contribution is 0.0271. The van der Waals surface area contributed by atoms with Crippen LogP contribution >= 0.6 is 15.9 Å². The number of benzene rings is 2. The molecule has 4 atom stereocenters. The van der Waals surface area contributed by atoms with Crippen LogP contribution in [0.2, 0.25) is 0 Å². The summed E-state index contributed by atoms with van der Waals surface area (Å²) in [6.07, 6.45) is -1.53. The first-order valence-electron chi connectivity index (χ1n) is 9.73. The largest absolute Gasteiger partial charge is 0.493 e. The fourth-order valence-electron chi connectivity index (χ4n) is 3.88. The van der Waals surface area contributed by atoms with E-state index in [2.05, 4.69) is 31.2 Å². The van der Waals surface area contributed by atoms with Crippen LogP contribution in [0.25, 0.3) is 10.9 Å². The fraction of sp³-hybridized carbons (Fsp3) is 0.333.